The smallest absolute Gasteiger partial charge is 0.0952 e. The van der Waals surface area contributed by atoms with Crippen molar-refractivity contribution in [1.29, 1.82) is 0 Å². The van der Waals surface area contributed by atoms with Gasteiger partial charge in [-0.3, -0.25) is 0 Å². The van der Waals surface area contributed by atoms with E-state index in [0.29, 0.717) is 10.9 Å². The van der Waals surface area contributed by atoms with Crippen LogP contribution in [-0.4, -0.2) is 102 Å². The lowest BCUT2D eigenvalue weighted by Crippen LogP contribution is -2.63. The second-order valence-electron chi connectivity index (χ2n) is 7.42. The molecule has 0 atom stereocenters. The second kappa shape index (κ2) is 9.18. The lowest BCUT2D eigenvalue weighted by atomic mass is 8.85. The minimum atomic E-state index is -0.809. The van der Waals surface area contributed by atoms with Gasteiger partial charge in [0.05, 0.1) is 26.7 Å². The van der Waals surface area contributed by atoms with Crippen molar-refractivity contribution in [2.45, 2.75) is 27.7 Å². The Labute approximate surface area is 184 Å². The van der Waals surface area contributed by atoms with E-state index in [1.54, 1.807) is 0 Å². The van der Waals surface area contributed by atoms with Crippen LogP contribution in [0.1, 0.15) is 22.3 Å². The first kappa shape index (κ1) is 23.9. The fourth-order valence-electron chi connectivity index (χ4n) is 4.17. The quantitative estimate of drug-likeness (QED) is 0.468. The largest absolute Gasteiger partial charge is 0.112 e. The Morgan fingerprint density at radius 1 is 0.643 bits per heavy atom. The van der Waals surface area contributed by atoms with E-state index in [-0.39, 0.29) is 0 Å². The van der Waals surface area contributed by atoms with E-state index < -0.39 is 25.9 Å². The molecule has 18 radical (unpaired) electrons. The zero-order valence-electron chi connectivity index (χ0n) is 17.1. The van der Waals surface area contributed by atoms with Crippen LogP contribution in [0.2, 0.25) is 0 Å². The first-order chi connectivity index (χ1) is 13.0. The third-order valence-corrected chi connectivity index (χ3v) is 5.84. The van der Waals surface area contributed by atoms with Crippen LogP contribution in [0.15, 0.2) is 0 Å². The Bertz CT molecular complexity index is 892. The van der Waals surface area contributed by atoms with Gasteiger partial charge >= 0.3 is 0 Å². The highest BCUT2D eigenvalue weighted by atomic mass is 14.2. The Morgan fingerprint density at radius 2 is 1.21 bits per heavy atom. The second-order valence-corrected chi connectivity index (χ2v) is 7.42. The molecule has 0 saturated carbocycles. The van der Waals surface area contributed by atoms with Crippen molar-refractivity contribution in [2.24, 2.45) is 0 Å². The summed E-state index contributed by atoms with van der Waals surface area (Å²) in [5, 5.41) is 1.84. The molecule has 0 aliphatic carbocycles. The highest BCUT2D eigenvalue weighted by Crippen LogP contribution is 2.25. The summed E-state index contributed by atoms with van der Waals surface area (Å²) in [6.07, 6.45) is -0.758. The summed E-state index contributed by atoms with van der Waals surface area (Å²) in [5.74, 6) is 0. The minimum Gasteiger partial charge on any atom is -0.112 e. The maximum atomic E-state index is 6.45. The fourth-order valence-corrected chi connectivity index (χ4v) is 4.17. The van der Waals surface area contributed by atoms with Gasteiger partial charge in [-0.1, -0.05) is 22.1 Å². The first-order valence-corrected chi connectivity index (χ1v) is 9.24. The zero-order valence-corrected chi connectivity index (χ0v) is 17.1. The molecule has 0 bridgehead atoms. The predicted octanol–water partition coefficient (Wildman–Crippen LogP) is -4.56. The molecule has 0 aromatic heterocycles. The topological polar surface area (TPSA) is 0 Å². The normalized spacial score (nSPS) is 10.6. The fraction of sp³-hybridized carbons (Fsp3) is 0.286. The third-order valence-electron chi connectivity index (χ3n) is 5.84. The highest BCUT2D eigenvalue weighted by molar-refractivity contribution is 7.69. The van der Waals surface area contributed by atoms with Crippen LogP contribution in [0, 0.1) is 27.7 Å². The lowest BCUT2D eigenvalue weighted by Gasteiger charge is -2.32. The molecule has 0 nitrogen and oxygen atoms in total. The molecule has 0 N–H and O–H groups in total. The molecule has 0 heterocycles. The molecule has 0 amide bonds. The summed E-state index contributed by atoms with van der Waals surface area (Å²) in [5.41, 5.74) is 7.07. The Kier molecular flexibility index (Phi) is 7.83. The summed E-state index contributed by atoms with van der Waals surface area (Å²) < 4.78 is 0. The number of aryl methyl sites for hydroxylation is 2. The van der Waals surface area contributed by atoms with Crippen LogP contribution in [0.5, 0.6) is 0 Å². The molecular formula is C14H12B14. The molecule has 0 saturated heterocycles. The maximum Gasteiger partial charge on any atom is 0.0952 e. The van der Waals surface area contributed by atoms with Gasteiger partial charge in [0.2, 0.25) is 0 Å². The van der Waals surface area contributed by atoms with E-state index in [9.17, 15) is 0 Å². The maximum absolute atomic E-state index is 6.45. The molecule has 110 valence electrons. The van der Waals surface area contributed by atoms with Crippen LogP contribution < -0.4 is 21.9 Å². The zero-order chi connectivity index (χ0) is 21.5. The molecule has 0 spiro atoms. The Morgan fingerprint density at radius 3 is 1.64 bits per heavy atom. The van der Waals surface area contributed by atoms with Gasteiger partial charge in [-0.15, -0.1) is 10.9 Å². The number of hydrogen-bond acceptors (Lipinski definition) is 0. The molecule has 0 aliphatic rings. The van der Waals surface area contributed by atoms with Gasteiger partial charge in [0.1, 0.15) is 0 Å². The van der Waals surface area contributed by atoms with Crippen LogP contribution in [0.3, 0.4) is 0 Å². The molecule has 0 fully saturated rings. The third kappa shape index (κ3) is 3.83. The molecule has 2 aromatic rings. The summed E-state index contributed by atoms with van der Waals surface area (Å²) in [7, 11) is 51.8. The van der Waals surface area contributed by atoms with Crippen LogP contribution in [0.25, 0.3) is 10.8 Å². The SMILES string of the molecule is [B][B]B([B])c1c(B([B])[B])c([B][B])c(C)c2c(C)c(C)c(C)c(B([B])B([B])[B])c12. The predicted molar refractivity (Wildman–Crippen MR) is 142 cm³/mol. The highest BCUT2D eigenvalue weighted by Gasteiger charge is 2.28. The minimum absolute atomic E-state index is 0.612. The number of hydrogen-bond donors (Lipinski definition) is 0. The number of rotatable bonds is 6. The van der Waals surface area contributed by atoms with Gasteiger partial charge in [0, 0.05) is 75.3 Å². The number of fused-ring (bicyclic) bond motifs is 1. The lowest BCUT2D eigenvalue weighted by molar-refractivity contribution is 1.31. The van der Waals surface area contributed by atoms with Crippen molar-refractivity contribution >= 4 is 135 Å². The molecule has 2 rings (SSSR count). The summed E-state index contributed by atoms with van der Waals surface area (Å²) in [4.78, 5) is 0. The van der Waals surface area contributed by atoms with E-state index in [1.807, 2.05) is 20.8 Å². The first-order valence-electron chi connectivity index (χ1n) is 9.24. The molecular weight excluding hydrogens is 320 g/mol. The molecule has 28 heavy (non-hydrogen) atoms. The van der Waals surface area contributed by atoms with Crippen molar-refractivity contribution < 1.29 is 0 Å². The molecule has 2 aromatic carbocycles. The average Bonchev–Trinajstić information content (AvgIpc) is 2.64. The van der Waals surface area contributed by atoms with Crippen molar-refractivity contribution in [3.63, 3.8) is 0 Å². The van der Waals surface area contributed by atoms with E-state index in [0.717, 1.165) is 44.0 Å². The van der Waals surface area contributed by atoms with Crippen LogP contribution in [0.4, 0.5) is 0 Å². The van der Waals surface area contributed by atoms with E-state index in [4.69, 9.17) is 61.9 Å². The number of benzene rings is 2. The molecule has 14 heteroatoms. The summed E-state index contributed by atoms with van der Waals surface area (Å²) >= 11 is 0. The van der Waals surface area contributed by atoms with E-state index >= 15 is 0 Å². The van der Waals surface area contributed by atoms with Crippen molar-refractivity contribution in [1.82, 2.24) is 0 Å². The standard InChI is InChI=1S/C14H12B14/c1-5-6(2)9-8(4)11(23-15)14(25(17)18)13(26(19)24-16)10(9)12(7(5)3)27(20)28(21)22/h1-4H3. The monoisotopic (exact) mass is 334 g/mol. The Balaban J connectivity index is 3.31. The van der Waals surface area contributed by atoms with Gasteiger partial charge in [0.25, 0.3) is 0 Å². The van der Waals surface area contributed by atoms with Gasteiger partial charge in [-0.2, -0.15) is 0 Å². The van der Waals surface area contributed by atoms with E-state index in [2.05, 4.69) is 6.92 Å². The Hall–Kier alpha value is -0.391. The van der Waals surface area contributed by atoms with Crippen molar-refractivity contribution in [3.05, 3.63) is 22.3 Å². The molecule has 0 aliphatic heterocycles. The molecule has 0 unspecified atom stereocenters. The van der Waals surface area contributed by atoms with Gasteiger partial charge in [0.15, 0.2) is 0 Å². The van der Waals surface area contributed by atoms with Gasteiger partial charge < -0.3 is 0 Å². The van der Waals surface area contributed by atoms with Crippen molar-refractivity contribution in [2.75, 3.05) is 0 Å². The van der Waals surface area contributed by atoms with Crippen LogP contribution >= 0.6 is 0 Å². The average molecular weight is 332 g/mol. The van der Waals surface area contributed by atoms with Gasteiger partial charge in [-0.05, 0) is 49.6 Å². The summed E-state index contributed by atoms with van der Waals surface area (Å²) in [6, 6.07) is 0. The van der Waals surface area contributed by atoms with Crippen molar-refractivity contribution in [3.8, 4) is 0 Å². The van der Waals surface area contributed by atoms with Crippen LogP contribution in [-0.2, 0) is 0 Å². The summed E-state index contributed by atoms with van der Waals surface area (Å²) in [6.45, 7) is 6.03. The van der Waals surface area contributed by atoms with Gasteiger partial charge in [-0.25, -0.2) is 0 Å². The van der Waals surface area contributed by atoms with E-state index in [1.165, 1.54) is 14.2 Å².